The maximum absolute atomic E-state index is 15.6. The molecule has 0 aromatic rings. The molecule has 262 valence electrons. The molecule has 1 N–H and O–H groups in total. The summed E-state index contributed by atoms with van der Waals surface area (Å²) >= 11 is 0. The minimum absolute atomic E-state index is 0.844. The summed E-state index contributed by atoms with van der Waals surface area (Å²) < 4.78 is 248. The van der Waals surface area contributed by atoms with Crippen molar-refractivity contribution in [2.24, 2.45) is 0 Å². The van der Waals surface area contributed by atoms with E-state index in [0.29, 0.717) is 0 Å². The average Bonchev–Trinajstić information content (AvgIpc) is 2.86. The van der Waals surface area contributed by atoms with E-state index in [1.807, 2.05) is 0 Å². The first-order valence-corrected chi connectivity index (χ1v) is 13.2. The summed E-state index contributed by atoms with van der Waals surface area (Å²) in [7, 11) is -1.47. The van der Waals surface area contributed by atoms with Crippen molar-refractivity contribution in [3.8, 4) is 0 Å². The predicted molar refractivity (Wildman–Crippen MR) is 110 cm³/mol. The second-order valence-corrected chi connectivity index (χ2v) is 11.8. The normalized spacial score (nSPS) is 16.1. The molecule has 0 bridgehead atoms. The van der Waals surface area contributed by atoms with Gasteiger partial charge in [0.15, 0.2) is 0 Å². The van der Waals surface area contributed by atoms with E-state index in [1.165, 1.54) is 0 Å². The first kappa shape index (κ1) is 41.8. The minimum Gasteiger partial charge on any atom is -0.481 e. The van der Waals surface area contributed by atoms with Crippen LogP contribution in [0.2, 0.25) is 6.04 Å². The van der Waals surface area contributed by atoms with Crippen LogP contribution in [-0.2, 0) is 22.9 Å². The van der Waals surface area contributed by atoms with E-state index in [9.17, 15) is 79.8 Å². The maximum Gasteiger partial charge on any atom is 0.500 e. The van der Waals surface area contributed by atoms with Crippen LogP contribution in [0.15, 0.2) is 0 Å². The Kier molecular flexibility index (Phi) is 12.6. The zero-order valence-corrected chi connectivity index (χ0v) is 23.1. The van der Waals surface area contributed by atoms with Gasteiger partial charge in [-0.25, -0.2) is 4.39 Å². The van der Waals surface area contributed by atoms with Crippen LogP contribution < -0.4 is 0 Å². The first-order chi connectivity index (χ1) is 19.4. The number of carbonyl (C=O) groups excluding carboxylic acids is 1. The summed E-state index contributed by atoms with van der Waals surface area (Å²) in [6.07, 6.45) is -21.0. The second kappa shape index (κ2) is 13.3. The molecule has 0 heterocycles. The number of halogens is 17. The average molecular weight is 711 g/mol. The van der Waals surface area contributed by atoms with Crippen molar-refractivity contribution in [3.05, 3.63) is 0 Å². The molecule has 1 atom stereocenters. The molecule has 0 aliphatic carbocycles. The highest BCUT2D eigenvalue weighted by molar-refractivity contribution is 6.60. The number of nitrogens with zero attached hydrogens (tertiary/aromatic N) is 1. The Hall–Kier alpha value is -2.15. The molecular weight excluding hydrogens is 689 g/mol. The molecule has 0 radical (unpaired) electrons. The van der Waals surface area contributed by atoms with Gasteiger partial charge in [0.2, 0.25) is 5.91 Å². The van der Waals surface area contributed by atoms with Crippen LogP contribution in [0.3, 0.4) is 0 Å². The number of hydrogen-bond acceptors (Lipinski definition) is 5. The Balaban J connectivity index is 7.37. The molecule has 44 heavy (non-hydrogen) atoms. The quantitative estimate of drug-likeness (QED) is 0.108. The van der Waals surface area contributed by atoms with Gasteiger partial charge in [-0.05, 0) is 12.8 Å². The number of carboxylic acids is 1. The zero-order valence-electron chi connectivity index (χ0n) is 22.1. The van der Waals surface area contributed by atoms with Gasteiger partial charge in [-0.2, -0.15) is 70.2 Å². The van der Waals surface area contributed by atoms with E-state index >= 15 is 4.39 Å². The van der Waals surface area contributed by atoms with E-state index in [0.717, 1.165) is 21.3 Å². The molecular formula is C19H22F17NO6Si. The van der Waals surface area contributed by atoms with Crippen molar-refractivity contribution in [2.75, 3.05) is 27.9 Å². The van der Waals surface area contributed by atoms with Crippen molar-refractivity contribution >= 4 is 20.7 Å². The molecule has 0 aliphatic rings. The third-order valence-corrected chi connectivity index (χ3v) is 8.81. The van der Waals surface area contributed by atoms with Crippen molar-refractivity contribution in [2.45, 2.75) is 79.5 Å². The van der Waals surface area contributed by atoms with Crippen LogP contribution >= 0.6 is 0 Å². The lowest BCUT2D eigenvalue weighted by atomic mass is 9.88. The van der Waals surface area contributed by atoms with Gasteiger partial charge in [0.25, 0.3) is 0 Å². The van der Waals surface area contributed by atoms with Crippen LogP contribution in [0, 0.1) is 0 Å². The standard InChI is InChI=1S/C19H22F17NO6Si/c1-41-44(42-2,43-3)9-5-8-37(10(38)6-4-7-11(39)40)17(30,19(34,35)36)15(26,27)13(22,23)12(20,21)14(24,25)16(28,29)18(31,32)33/h4-9H2,1-3H3,(H,39,40). The van der Waals surface area contributed by atoms with Gasteiger partial charge in [-0.3, -0.25) is 14.5 Å². The SMILES string of the molecule is CO[Si](CCCN(C(=O)CCCC(=O)O)C(F)(C(F)(F)F)C(F)(F)C(F)(F)C(F)(F)C(F)(F)C(F)(F)C(F)(F)F)(OC)OC. The molecule has 0 spiro atoms. The van der Waals surface area contributed by atoms with Gasteiger partial charge in [0.1, 0.15) is 0 Å². The largest absolute Gasteiger partial charge is 0.500 e. The lowest BCUT2D eigenvalue weighted by Gasteiger charge is -2.47. The minimum atomic E-state index is -8.81. The predicted octanol–water partition coefficient (Wildman–Crippen LogP) is 6.31. The van der Waals surface area contributed by atoms with Gasteiger partial charge >= 0.3 is 62.5 Å². The highest BCUT2D eigenvalue weighted by Gasteiger charge is 2.96. The smallest absolute Gasteiger partial charge is 0.481 e. The zero-order chi connectivity index (χ0) is 35.6. The third-order valence-electron chi connectivity index (χ3n) is 5.98. The second-order valence-electron chi connectivity index (χ2n) is 8.68. The van der Waals surface area contributed by atoms with Gasteiger partial charge in [-0.1, -0.05) is 0 Å². The summed E-state index contributed by atoms with van der Waals surface area (Å²) in [6, 6.07) is -0.892. The van der Waals surface area contributed by atoms with Gasteiger partial charge in [0.05, 0.1) is 0 Å². The highest BCUT2D eigenvalue weighted by Crippen LogP contribution is 2.64. The van der Waals surface area contributed by atoms with Crippen LogP contribution in [0.5, 0.6) is 0 Å². The summed E-state index contributed by atoms with van der Waals surface area (Å²) in [5, 5.41) is 8.56. The molecule has 0 rings (SSSR count). The number of amides is 1. The maximum atomic E-state index is 15.6. The number of hydrogen-bond donors (Lipinski definition) is 1. The highest BCUT2D eigenvalue weighted by atomic mass is 28.4. The van der Waals surface area contributed by atoms with E-state index in [1.54, 1.807) is 0 Å². The molecule has 0 aliphatic heterocycles. The molecule has 0 fully saturated rings. The third kappa shape index (κ3) is 6.98. The fourth-order valence-electron chi connectivity index (χ4n) is 3.46. The summed E-state index contributed by atoms with van der Waals surface area (Å²) in [5.41, 5.74) is 0. The Morgan fingerprint density at radius 1 is 0.591 bits per heavy atom. The number of carbonyl (C=O) groups is 2. The van der Waals surface area contributed by atoms with Gasteiger partial charge < -0.3 is 18.4 Å². The molecule has 25 heteroatoms. The molecule has 0 saturated carbocycles. The number of alkyl halides is 17. The number of carboxylic acid groups (broad SMARTS) is 1. The van der Waals surface area contributed by atoms with Crippen LogP contribution in [0.25, 0.3) is 0 Å². The molecule has 0 saturated heterocycles. The molecule has 0 aromatic carbocycles. The van der Waals surface area contributed by atoms with Crippen molar-refractivity contribution in [3.63, 3.8) is 0 Å². The Morgan fingerprint density at radius 2 is 0.977 bits per heavy atom. The van der Waals surface area contributed by atoms with Crippen LogP contribution in [0.4, 0.5) is 74.6 Å². The Morgan fingerprint density at radius 3 is 1.32 bits per heavy atom. The summed E-state index contributed by atoms with van der Waals surface area (Å²) in [5.74, 6) is -55.1. The number of rotatable bonds is 17. The van der Waals surface area contributed by atoms with E-state index in [-0.39, 0.29) is 0 Å². The van der Waals surface area contributed by atoms with Crippen molar-refractivity contribution in [1.82, 2.24) is 4.90 Å². The van der Waals surface area contributed by atoms with Crippen molar-refractivity contribution in [1.29, 1.82) is 0 Å². The number of aliphatic carboxylic acids is 1. The van der Waals surface area contributed by atoms with E-state index < -0.39 is 112 Å². The molecule has 0 aromatic heterocycles. The Bertz CT molecular complexity index is 994. The topological polar surface area (TPSA) is 85.3 Å². The molecule has 7 nitrogen and oxygen atoms in total. The van der Waals surface area contributed by atoms with Crippen LogP contribution in [-0.4, -0.2) is 106 Å². The fraction of sp³-hybridized carbons (Fsp3) is 0.895. The van der Waals surface area contributed by atoms with E-state index in [2.05, 4.69) is 0 Å². The fourth-order valence-corrected chi connectivity index (χ4v) is 5.17. The van der Waals surface area contributed by atoms with Crippen molar-refractivity contribution < 1.29 is 103 Å². The molecule has 1 amide bonds. The summed E-state index contributed by atoms with van der Waals surface area (Å²) in [4.78, 5) is 21.1. The lowest BCUT2D eigenvalue weighted by molar-refractivity contribution is -0.465. The van der Waals surface area contributed by atoms with Gasteiger partial charge in [0, 0.05) is 46.8 Å². The monoisotopic (exact) mass is 711 g/mol. The van der Waals surface area contributed by atoms with Gasteiger partial charge in [-0.15, -0.1) is 0 Å². The van der Waals surface area contributed by atoms with Crippen LogP contribution in [0.1, 0.15) is 25.7 Å². The lowest BCUT2D eigenvalue weighted by Crippen LogP contribution is -2.78. The Labute approximate surface area is 236 Å². The molecule has 1 unspecified atom stereocenters. The summed E-state index contributed by atoms with van der Waals surface area (Å²) in [6.45, 7) is -2.18. The first-order valence-electron chi connectivity index (χ1n) is 11.3. The van der Waals surface area contributed by atoms with E-state index in [4.69, 9.17) is 18.4 Å².